The Morgan fingerprint density at radius 1 is 0.920 bits per heavy atom. The minimum absolute atomic E-state index is 0.0381. The minimum Gasteiger partial charge on any atom is -0.345 e. The maximum Gasteiger partial charge on any atom is 0.223 e. The van der Waals surface area contributed by atoms with Crippen LogP contribution >= 0.6 is 0 Å². The minimum atomic E-state index is -0.543. The van der Waals surface area contributed by atoms with E-state index in [-0.39, 0.29) is 5.91 Å². The normalized spacial score (nSPS) is 11.9. The summed E-state index contributed by atoms with van der Waals surface area (Å²) < 4.78 is 0. The zero-order valence-electron chi connectivity index (χ0n) is 15.8. The van der Waals surface area contributed by atoms with E-state index in [1.54, 1.807) is 0 Å². The summed E-state index contributed by atoms with van der Waals surface area (Å²) in [6, 6.07) is 9.17. The highest BCUT2D eigenvalue weighted by atomic mass is 16.2. The van der Waals surface area contributed by atoms with Gasteiger partial charge in [0.05, 0.1) is 6.04 Å². The Morgan fingerprint density at radius 2 is 1.48 bits per heavy atom. The molecule has 0 aliphatic carbocycles. The Bertz CT molecular complexity index is 458. The van der Waals surface area contributed by atoms with E-state index in [1.165, 1.54) is 51.4 Å². The Balaban J connectivity index is 2.03. The van der Waals surface area contributed by atoms with Crippen molar-refractivity contribution in [3.63, 3.8) is 0 Å². The van der Waals surface area contributed by atoms with E-state index in [0.29, 0.717) is 12.8 Å². The largest absolute Gasteiger partial charge is 0.345 e. The van der Waals surface area contributed by atoms with Crippen molar-refractivity contribution in [3.8, 4) is 0 Å². The van der Waals surface area contributed by atoms with Gasteiger partial charge in [0.25, 0.3) is 0 Å². The van der Waals surface area contributed by atoms with E-state index < -0.39 is 6.04 Å². The highest BCUT2D eigenvalue weighted by Gasteiger charge is 2.12. The van der Waals surface area contributed by atoms with Crippen LogP contribution in [0.1, 0.15) is 83.1 Å². The first-order valence-corrected chi connectivity index (χ1v) is 9.97. The monoisotopic (exact) mass is 344 g/mol. The van der Waals surface area contributed by atoms with Crippen LogP contribution in [0.3, 0.4) is 0 Å². The quantitative estimate of drug-likeness (QED) is 0.448. The van der Waals surface area contributed by atoms with E-state index in [0.717, 1.165) is 18.4 Å². The van der Waals surface area contributed by atoms with Gasteiger partial charge in [0.2, 0.25) is 12.2 Å². The summed E-state index contributed by atoms with van der Waals surface area (Å²) in [5.74, 6) is -0.0381. The molecule has 0 heterocycles. The molecule has 1 rings (SSSR count). The van der Waals surface area contributed by atoms with Crippen molar-refractivity contribution in [1.29, 1.82) is 0 Å². The lowest BCUT2D eigenvalue weighted by Gasteiger charge is -2.12. The molecule has 0 saturated heterocycles. The van der Waals surface area contributed by atoms with E-state index in [4.69, 9.17) is 0 Å². The van der Waals surface area contributed by atoms with Gasteiger partial charge in [-0.25, -0.2) is 0 Å². The van der Waals surface area contributed by atoms with Crippen LogP contribution in [0.2, 0.25) is 0 Å². The van der Waals surface area contributed by atoms with Crippen LogP contribution in [0.4, 0.5) is 0 Å². The number of benzene rings is 1. The molecule has 0 spiro atoms. The molecule has 0 aliphatic rings. The van der Waals surface area contributed by atoms with Gasteiger partial charge >= 0.3 is 0 Å². The summed E-state index contributed by atoms with van der Waals surface area (Å²) >= 11 is 0. The molecule has 0 bridgehead atoms. The van der Waals surface area contributed by atoms with Crippen molar-refractivity contribution in [2.45, 2.75) is 90.0 Å². The second kappa shape index (κ2) is 14.7. The molecule has 1 aromatic carbocycles. The molecule has 25 heavy (non-hydrogen) atoms. The highest BCUT2D eigenvalue weighted by Crippen LogP contribution is 2.11. The molecule has 1 radical (unpaired) electrons. The second-order valence-electron chi connectivity index (χ2n) is 6.86. The summed E-state index contributed by atoms with van der Waals surface area (Å²) in [5.41, 5.74) is 1.04. The lowest BCUT2D eigenvalue weighted by atomic mass is 10.0. The molecule has 3 nitrogen and oxygen atoms in total. The maximum atomic E-state index is 11.9. The molecule has 139 valence electrons. The Morgan fingerprint density at radius 3 is 2.04 bits per heavy atom. The van der Waals surface area contributed by atoms with Crippen molar-refractivity contribution in [2.24, 2.45) is 0 Å². The van der Waals surface area contributed by atoms with Crippen LogP contribution in [0, 0.1) is 0 Å². The molecule has 1 N–H and O–H groups in total. The molecule has 0 saturated carbocycles. The van der Waals surface area contributed by atoms with Crippen LogP contribution in [0.5, 0.6) is 0 Å². The third-order valence-corrected chi connectivity index (χ3v) is 4.52. The second-order valence-corrected chi connectivity index (χ2v) is 6.86. The van der Waals surface area contributed by atoms with Gasteiger partial charge in [0, 0.05) is 12.8 Å². The number of hydrogen-bond acceptors (Lipinski definition) is 2. The van der Waals surface area contributed by atoms with E-state index in [2.05, 4.69) is 12.2 Å². The summed E-state index contributed by atoms with van der Waals surface area (Å²) in [7, 11) is 0. The number of carbonyl (C=O) groups excluding carboxylic acids is 2. The summed E-state index contributed by atoms with van der Waals surface area (Å²) in [5, 5.41) is 2.78. The molecule has 1 aromatic rings. The molecule has 1 atom stereocenters. The van der Waals surface area contributed by atoms with Crippen LogP contribution in [0.15, 0.2) is 30.3 Å². The van der Waals surface area contributed by atoms with Crippen molar-refractivity contribution in [2.75, 3.05) is 0 Å². The molecule has 0 aliphatic heterocycles. The van der Waals surface area contributed by atoms with Gasteiger partial charge in [0.15, 0.2) is 0 Å². The molecular formula is C22H34NO2. The number of nitrogens with one attached hydrogen (secondary N) is 1. The fraction of sp³-hybridized carbons (Fsp3) is 0.636. The third kappa shape index (κ3) is 11.5. The lowest BCUT2D eigenvalue weighted by Crippen LogP contribution is -2.37. The predicted molar refractivity (Wildman–Crippen MR) is 104 cm³/mol. The van der Waals surface area contributed by atoms with Gasteiger partial charge in [-0.1, -0.05) is 95.0 Å². The van der Waals surface area contributed by atoms with Crippen molar-refractivity contribution in [3.05, 3.63) is 35.9 Å². The summed E-state index contributed by atoms with van der Waals surface area (Å²) in [6.45, 7) is 2.24. The number of rotatable bonds is 15. The van der Waals surface area contributed by atoms with E-state index >= 15 is 0 Å². The average molecular weight is 345 g/mol. The molecule has 1 unspecified atom stereocenters. The van der Waals surface area contributed by atoms with Gasteiger partial charge in [0.1, 0.15) is 0 Å². The Kier molecular flexibility index (Phi) is 12.6. The number of hydrogen-bond donors (Lipinski definition) is 1. The molecule has 0 fully saturated rings. The summed E-state index contributed by atoms with van der Waals surface area (Å²) in [4.78, 5) is 23.0. The van der Waals surface area contributed by atoms with Crippen molar-refractivity contribution in [1.82, 2.24) is 5.32 Å². The average Bonchev–Trinajstić information content (AvgIpc) is 2.63. The van der Waals surface area contributed by atoms with Gasteiger partial charge in [-0.05, 0) is 12.0 Å². The SMILES string of the molecule is CCCCCCCCCCCCC(=O)NC([C]=O)Cc1ccccc1. The maximum absolute atomic E-state index is 11.9. The zero-order valence-corrected chi connectivity index (χ0v) is 15.8. The lowest BCUT2D eigenvalue weighted by molar-refractivity contribution is -0.121. The molecule has 0 aromatic heterocycles. The Hall–Kier alpha value is -1.64. The summed E-state index contributed by atoms with van der Waals surface area (Å²) in [6.07, 6.45) is 15.5. The van der Waals surface area contributed by atoms with Crippen molar-refractivity contribution < 1.29 is 9.59 Å². The number of amides is 1. The predicted octanol–water partition coefficient (Wildman–Crippen LogP) is 5.13. The van der Waals surface area contributed by atoms with Crippen LogP contribution in [-0.4, -0.2) is 18.2 Å². The van der Waals surface area contributed by atoms with Crippen LogP contribution in [0.25, 0.3) is 0 Å². The molecular weight excluding hydrogens is 310 g/mol. The molecule has 3 heteroatoms. The fourth-order valence-corrected chi connectivity index (χ4v) is 3.01. The highest BCUT2D eigenvalue weighted by molar-refractivity contribution is 5.79. The Labute approximate surface area is 153 Å². The van der Waals surface area contributed by atoms with Gasteiger partial charge in [-0.2, -0.15) is 0 Å². The van der Waals surface area contributed by atoms with Crippen molar-refractivity contribution >= 4 is 12.2 Å². The fourth-order valence-electron chi connectivity index (χ4n) is 3.01. The van der Waals surface area contributed by atoms with Crippen LogP contribution < -0.4 is 5.32 Å². The topological polar surface area (TPSA) is 46.2 Å². The van der Waals surface area contributed by atoms with Crippen LogP contribution in [-0.2, 0) is 16.0 Å². The first-order valence-electron chi connectivity index (χ1n) is 9.97. The first-order chi connectivity index (χ1) is 12.3. The first kappa shape index (κ1) is 21.4. The number of carbonyl (C=O) groups is 1. The van der Waals surface area contributed by atoms with E-state index in [1.807, 2.05) is 36.6 Å². The molecule has 1 amide bonds. The standard InChI is InChI=1S/C22H34NO2/c1-2-3-4-5-6-7-8-9-10-14-17-22(25)23-21(19-24)18-20-15-12-11-13-16-20/h11-13,15-16,21H,2-10,14,17-18H2,1H3,(H,23,25). The number of unbranched alkanes of at least 4 members (excludes halogenated alkanes) is 9. The smallest absolute Gasteiger partial charge is 0.223 e. The zero-order chi connectivity index (χ0) is 18.2. The van der Waals surface area contributed by atoms with E-state index in [9.17, 15) is 9.59 Å². The van der Waals surface area contributed by atoms with Gasteiger partial charge in [-0.3, -0.25) is 9.59 Å². The van der Waals surface area contributed by atoms with Gasteiger partial charge in [-0.15, -0.1) is 0 Å². The van der Waals surface area contributed by atoms with Gasteiger partial charge < -0.3 is 5.32 Å². The third-order valence-electron chi connectivity index (χ3n) is 4.52.